The molecule has 1 unspecified atom stereocenters. The van der Waals surface area contributed by atoms with E-state index in [-0.39, 0.29) is 5.92 Å². The fourth-order valence-corrected chi connectivity index (χ4v) is 3.18. The number of carbonyl (C=O) groups is 1. The molecule has 0 aromatic carbocycles. The molecule has 0 spiro atoms. The molecule has 0 aliphatic heterocycles. The van der Waals surface area contributed by atoms with E-state index in [1.807, 2.05) is 0 Å². The average Bonchev–Trinajstić information content (AvgIpc) is 2.73. The number of thiazole rings is 1. The first-order valence-corrected chi connectivity index (χ1v) is 7.03. The maximum Gasteiger partial charge on any atom is 0.326 e. The van der Waals surface area contributed by atoms with Crippen LogP contribution in [0.3, 0.4) is 0 Å². The van der Waals surface area contributed by atoms with Crippen LogP contribution in [-0.4, -0.2) is 22.1 Å². The molecular weight excluding hydrogens is 260 g/mol. The fraction of sp³-hybridized carbons (Fsp3) is 0.636. The Kier molecular flexibility index (Phi) is 4.23. The predicted octanol–water partition coefficient (Wildman–Crippen LogP) is 3.24. The molecule has 4 nitrogen and oxygen atoms in total. The Hall–Kier alpha value is -0.810. The highest BCUT2D eigenvalue weighted by molar-refractivity contribution is 7.14. The molecule has 0 radical (unpaired) electrons. The second-order valence-electron chi connectivity index (χ2n) is 4.33. The van der Waals surface area contributed by atoms with Crippen LogP contribution in [-0.2, 0) is 4.79 Å². The molecular formula is C11H15ClN2O2S. The summed E-state index contributed by atoms with van der Waals surface area (Å²) in [5.41, 5.74) is 0. The Bertz CT molecular complexity index is 391. The Morgan fingerprint density at radius 2 is 2.24 bits per heavy atom. The normalized spacial score (nSPS) is 18.9. The van der Waals surface area contributed by atoms with Crippen molar-refractivity contribution in [3.8, 4) is 0 Å². The van der Waals surface area contributed by atoms with Gasteiger partial charge >= 0.3 is 5.97 Å². The Balaban J connectivity index is 2.03. The van der Waals surface area contributed by atoms with Crippen LogP contribution in [0.15, 0.2) is 5.38 Å². The van der Waals surface area contributed by atoms with E-state index in [1.165, 1.54) is 17.8 Å². The van der Waals surface area contributed by atoms with Gasteiger partial charge in [0.2, 0.25) is 0 Å². The van der Waals surface area contributed by atoms with E-state index in [1.54, 1.807) is 5.38 Å². The lowest BCUT2D eigenvalue weighted by Crippen LogP contribution is -2.37. The molecule has 0 amide bonds. The van der Waals surface area contributed by atoms with Gasteiger partial charge in [0, 0.05) is 5.38 Å². The Labute approximate surface area is 109 Å². The van der Waals surface area contributed by atoms with E-state index >= 15 is 0 Å². The van der Waals surface area contributed by atoms with Gasteiger partial charge in [0.05, 0.1) is 0 Å². The summed E-state index contributed by atoms with van der Waals surface area (Å²) in [6.07, 6.45) is 5.40. The van der Waals surface area contributed by atoms with Crippen molar-refractivity contribution < 1.29 is 9.90 Å². The van der Waals surface area contributed by atoms with E-state index in [9.17, 15) is 9.90 Å². The van der Waals surface area contributed by atoms with Crippen LogP contribution in [0.5, 0.6) is 0 Å². The molecule has 0 bridgehead atoms. The fourth-order valence-electron chi connectivity index (χ4n) is 2.30. The van der Waals surface area contributed by atoms with Gasteiger partial charge in [-0.2, -0.15) is 0 Å². The zero-order valence-corrected chi connectivity index (χ0v) is 10.9. The lowest BCUT2D eigenvalue weighted by molar-refractivity contribution is -0.139. The SMILES string of the molecule is O=C(O)C(Nc1nc(Cl)cs1)C1CCCCC1. The third kappa shape index (κ3) is 3.33. The van der Waals surface area contributed by atoms with Gasteiger partial charge in [-0.25, -0.2) is 9.78 Å². The maximum atomic E-state index is 11.3. The minimum atomic E-state index is -0.803. The number of nitrogens with zero attached hydrogens (tertiary/aromatic N) is 1. The molecule has 0 saturated heterocycles. The Morgan fingerprint density at radius 3 is 2.76 bits per heavy atom. The van der Waals surface area contributed by atoms with Crippen LogP contribution < -0.4 is 5.32 Å². The summed E-state index contributed by atoms with van der Waals surface area (Å²) in [4.78, 5) is 15.3. The first-order valence-electron chi connectivity index (χ1n) is 5.77. The van der Waals surface area contributed by atoms with Crippen molar-refractivity contribution in [3.05, 3.63) is 10.5 Å². The van der Waals surface area contributed by atoms with Gasteiger partial charge in [-0.1, -0.05) is 30.9 Å². The second-order valence-corrected chi connectivity index (χ2v) is 5.58. The van der Waals surface area contributed by atoms with Crippen molar-refractivity contribution in [1.29, 1.82) is 0 Å². The quantitative estimate of drug-likeness (QED) is 0.885. The molecule has 1 atom stereocenters. The van der Waals surface area contributed by atoms with Gasteiger partial charge in [0.15, 0.2) is 5.13 Å². The first-order chi connectivity index (χ1) is 8.16. The smallest absolute Gasteiger partial charge is 0.326 e. The summed E-state index contributed by atoms with van der Waals surface area (Å²) in [5.74, 6) is -0.604. The largest absolute Gasteiger partial charge is 0.480 e. The van der Waals surface area contributed by atoms with Gasteiger partial charge in [-0.15, -0.1) is 11.3 Å². The number of hydrogen-bond acceptors (Lipinski definition) is 4. The third-order valence-electron chi connectivity index (χ3n) is 3.14. The summed E-state index contributed by atoms with van der Waals surface area (Å²) >= 11 is 7.06. The van der Waals surface area contributed by atoms with Crippen LogP contribution in [0.4, 0.5) is 5.13 Å². The van der Waals surface area contributed by atoms with Crippen LogP contribution >= 0.6 is 22.9 Å². The summed E-state index contributed by atoms with van der Waals surface area (Å²) in [6.45, 7) is 0. The number of carboxylic acid groups (broad SMARTS) is 1. The standard InChI is InChI=1S/C11H15ClN2O2S/c12-8-6-17-11(13-8)14-9(10(15)16)7-4-2-1-3-5-7/h6-7,9H,1-5H2,(H,13,14)(H,15,16). The predicted molar refractivity (Wildman–Crippen MR) is 68.7 cm³/mol. The van der Waals surface area contributed by atoms with E-state index in [0.29, 0.717) is 10.3 Å². The zero-order valence-electron chi connectivity index (χ0n) is 9.36. The molecule has 17 heavy (non-hydrogen) atoms. The van der Waals surface area contributed by atoms with Gasteiger partial charge < -0.3 is 10.4 Å². The summed E-state index contributed by atoms with van der Waals surface area (Å²) in [7, 11) is 0. The summed E-state index contributed by atoms with van der Waals surface area (Å²) in [5, 5.41) is 15.0. The second kappa shape index (κ2) is 5.69. The average molecular weight is 275 g/mol. The number of hydrogen-bond donors (Lipinski definition) is 2. The van der Waals surface area contributed by atoms with Gasteiger partial charge in [0.1, 0.15) is 11.2 Å². The number of aliphatic carboxylic acids is 1. The van der Waals surface area contributed by atoms with Crippen LogP contribution in [0.1, 0.15) is 32.1 Å². The maximum absolute atomic E-state index is 11.3. The molecule has 1 aliphatic rings. The van der Waals surface area contributed by atoms with E-state index in [4.69, 9.17) is 11.6 Å². The number of anilines is 1. The molecule has 1 heterocycles. The van der Waals surface area contributed by atoms with Crippen molar-refractivity contribution in [2.24, 2.45) is 5.92 Å². The highest BCUT2D eigenvalue weighted by Crippen LogP contribution is 2.29. The number of nitrogens with one attached hydrogen (secondary N) is 1. The van der Waals surface area contributed by atoms with Crippen molar-refractivity contribution in [1.82, 2.24) is 4.98 Å². The molecule has 1 aliphatic carbocycles. The van der Waals surface area contributed by atoms with Crippen LogP contribution in [0, 0.1) is 5.92 Å². The number of rotatable bonds is 4. The van der Waals surface area contributed by atoms with Gasteiger partial charge in [0.25, 0.3) is 0 Å². The number of halogens is 1. The van der Waals surface area contributed by atoms with E-state index in [0.717, 1.165) is 25.7 Å². The molecule has 1 fully saturated rings. The number of aromatic nitrogens is 1. The molecule has 2 N–H and O–H groups in total. The summed E-state index contributed by atoms with van der Waals surface area (Å²) < 4.78 is 0. The minimum absolute atomic E-state index is 0.198. The van der Waals surface area contributed by atoms with Crippen LogP contribution in [0.2, 0.25) is 5.15 Å². The first kappa shape index (κ1) is 12.6. The van der Waals surface area contributed by atoms with E-state index in [2.05, 4.69) is 10.3 Å². The van der Waals surface area contributed by atoms with Crippen molar-refractivity contribution in [2.45, 2.75) is 38.1 Å². The monoisotopic (exact) mass is 274 g/mol. The zero-order chi connectivity index (χ0) is 12.3. The number of carboxylic acids is 1. The lowest BCUT2D eigenvalue weighted by Gasteiger charge is -2.27. The van der Waals surface area contributed by atoms with Gasteiger partial charge in [-0.3, -0.25) is 0 Å². The minimum Gasteiger partial charge on any atom is -0.480 e. The molecule has 1 aromatic heterocycles. The third-order valence-corrected chi connectivity index (χ3v) is 4.24. The molecule has 1 aromatic rings. The summed E-state index contributed by atoms with van der Waals surface area (Å²) in [6, 6.07) is -0.544. The van der Waals surface area contributed by atoms with Gasteiger partial charge in [-0.05, 0) is 18.8 Å². The lowest BCUT2D eigenvalue weighted by atomic mass is 9.84. The molecule has 2 rings (SSSR count). The molecule has 6 heteroatoms. The van der Waals surface area contributed by atoms with E-state index < -0.39 is 12.0 Å². The van der Waals surface area contributed by atoms with Crippen molar-refractivity contribution in [3.63, 3.8) is 0 Å². The Morgan fingerprint density at radius 1 is 1.53 bits per heavy atom. The van der Waals surface area contributed by atoms with Crippen LogP contribution in [0.25, 0.3) is 0 Å². The molecule has 1 saturated carbocycles. The van der Waals surface area contributed by atoms with Crippen molar-refractivity contribution in [2.75, 3.05) is 5.32 Å². The topological polar surface area (TPSA) is 62.2 Å². The highest BCUT2D eigenvalue weighted by Gasteiger charge is 2.29. The highest BCUT2D eigenvalue weighted by atomic mass is 35.5. The van der Waals surface area contributed by atoms with Crippen molar-refractivity contribution >= 4 is 34.0 Å². The molecule has 94 valence electrons.